The number of amides is 1. The van der Waals surface area contributed by atoms with Crippen molar-refractivity contribution in [1.82, 2.24) is 10.2 Å². The van der Waals surface area contributed by atoms with E-state index in [1.807, 2.05) is 7.05 Å². The number of hydrogen-bond donors (Lipinski definition) is 1. The third kappa shape index (κ3) is 5.26. The van der Waals surface area contributed by atoms with Crippen molar-refractivity contribution in [3.05, 3.63) is 0 Å². The normalized spacial score (nSPS) is 15.6. The molecule has 92 valence electrons. The van der Waals surface area contributed by atoms with Gasteiger partial charge in [-0.1, -0.05) is 13.8 Å². The van der Waals surface area contributed by atoms with Crippen LogP contribution in [0.4, 0.5) is 0 Å². The largest absolute Gasteiger partial charge is 0.355 e. The SMILES string of the molecule is CC(C)CNC(=O)CN(C)CC(=O)C1CC1. The molecule has 1 aliphatic carbocycles. The van der Waals surface area contributed by atoms with Gasteiger partial charge < -0.3 is 5.32 Å². The second kappa shape index (κ2) is 5.99. The van der Waals surface area contributed by atoms with Gasteiger partial charge in [0.15, 0.2) is 0 Å². The Bertz CT molecular complexity index is 260. The molecule has 0 atom stereocenters. The third-order valence-corrected chi connectivity index (χ3v) is 2.58. The number of rotatable bonds is 7. The van der Waals surface area contributed by atoms with Crippen molar-refractivity contribution in [3.8, 4) is 0 Å². The molecule has 1 fully saturated rings. The van der Waals surface area contributed by atoms with E-state index in [4.69, 9.17) is 0 Å². The molecule has 1 aliphatic rings. The van der Waals surface area contributed by atoms with Gasteiger partial charge >= 0.3 is 0 Å². The van der Waals surface area contributed by atoms with Crippen molar-refractivity contribution in [2.45, 2.75) is 26.7 Å². The fraction of sp³-hybridized carbons (Fsp3) is 0.833. The van der Waals surface area contributed by atoms with E-state index in [1.54, 1.807) is 4.90 Å². The minimum absolute atomic E-state index is 0.000188. The van der Waals surface area contributed by atoms with E-state index >= 15 is 0 Å². The van der Waals surface area contributed by atoms with Gasteiger partial charge in [-0.05, 0) is 25.8 Å². The smallest absolute Gasteiger partial charge is 0.234 e. The minimum Gasteiger partial charge on any atom is -0.355 e. The van der Waals surface area contributed by atoms with E-state index < -0.39 is 0 Å². The molecule has 0 saturated heterocycles. The lowest BCUT2D eigenvalue weighted by atomic mass is 10.2. The Labute approximate surface area is 97.4 Å². The second-order valence-electron chi connectivity index (χ2n) is 5.11. The van der Waals surface area contributed by atoms with Crippen LogP contribution >= 0.6 is 0 Å². The van der Waals surface area contributed by atoms with E-state index in [2.05, 4.69) is 19.2 Å². The molecule has 0 radical (unpaired) electrons. The maximum atomic E-state index is 11.5. The van der Waals surface area contributed by atoms with Gasteiger partial charge in [-0.25, -0.2) is 0 Å². The molecular formula is C12H22N2O2. The highest BCUT2D eigenvalue weighted by atomic mass is 16.2. The highest BCUT2D eigenvalue weighted by Crippen LogP contribution is 2.29. The van der Waals surface area contributed by atoms with Crippen LogP contribution in [-0.4, -0.2) is 43.3 Å². The van der Waals surface area contributed by atoms with Crippen molar-refractivity contribution in [3.63, 3.8) is 0 Å². The van der Waals surface area contributed by atoms with Crippen LogP contribution < -0.4 is 5.32 Å². The Kier molecular flexibility index (Phi) is 4.93. The minimum atomic E-state index is -0.000188. The fourth-order valence-corrected chi connectivity index (χ4v) is 1.48. The number of carbonyl (C=O) groups is 2. The Balaban J connectivity index is 2.14. The summed E-state index contributed by atoms with van der Waals surface area (Å²) in [6.45, 7) is 5.52. The number of nitrogens with zero attached hydrogens (tertiary/aromatic N) is 1. The molecule has 0 heterocycles. The zero-order valence-electron chi connectivity index (χ0n) is 10.5. The van der Waals surface area contributed by atoms with Gasteiger partial charge in [-0.3, -0.25) is 14.5 Å². The number of hydrogen-bond acceptors (Lipinski definition) is 3. The predicted molar refractivity (Wildman–Crippen MR) is 63.1 cm³/mol. The first-order valence-electron chi connectivity index (χ1n) is 5.97. The maximum Gasteiger partial charge on any atom is 0.234 e. The number of nitrogens with one attached hydrogen (secondary N) is 1. The lowest BCUT2D eigenvalue weighted by Crippen LogP contribution is -2.39. The third-order valence-electron chi connectivity index (χ3n) is 2.58. The first-order chi connectivity index (χ1) is 7.49. The molecule has 0 spiro atoms. The zero-order valence-corrected chi connectivity index (χ0v) is 10.5. The van der Waals surface area contributed by atoms with Gasteiger partial charge in [-0.2, -0.15) is 0 Å². The summed E-state index contributed by atoms with van der Waals surface area (Å²) in [4.78, 5) is 24.7. The summed E-state index contributed by atoms with van der Waals surface area (Å²) in [7, 11) is 1.81. The van der Waals surface area contributed by atoms with Crippen LogP contribution in [0.3, 0.4) is 0 Å². The second-order valence-corrected chi connectivity index (χ2v) is 5.11. The maximum absolute atomic E-state index is 11.5. The Hall–Kier alpha value is -0.900. The van der Waals surface area contributed by atoms with Gasteiger partial charge in [-0.15, -0.1) is 0 Å². The topological polar surface area (TPSA) is 49.4 Å². The van der Waals surface area contributed by atoms with Crippen LogP contribution in [0.2, 0.25) is 0 Å². The van der Waals surface area contributed by atoms with E-state index in [1.165, 1.54) is 0 Å². The molecule has 0 aromatic rings. The predicted octanol–water partition coefficient (Wildman–Crippen LogP) is 0.669. The molecular weight excluding hydrogens is 204 g/mol. The van der Waals surface area contributed by atoms with Crippen LogP contribution in [0.1, 0.15) is 26.7 Å². The number of carbonyl (C=O) groups excluding carboxylic acids is 2. The molecule has 1 amide bonds. The van der Waals surface area contributed by atoms with E-state index in [0.717, 1.165) is 12.8 Å². The Morgan fingerprint density at radius 1 is 1.31 bits per heavy atom. The molecule has 0 aromatic heterocycles. The first-order valence-corrected chi connectivity index (χ1v) is 5.97. The summed E-state index contributed by atoms with van der Waals surface area (Å²) in [6, 6.07) is 0. The van der Waals surface area contributed by atoms with E-state index in [9.17, 15) is 9.59 Å². The summed E-state index contributed by atoms with van der Waals surface area (Å²) in [5.74, 6) is 1.02. The highest BCUT2D eigenvalue weighted by Gasteiger charge is 2.29. The zero-order chi connectivity index (χ0) is 12.1. The average molecular weight is 226 g/mol. The number of likely N-dealkylation sites (N-methyl/N-ethyl adjacent to an activating group) is 1. The van der Waals surface area contributed by atoms with Crippen LogP contribution in [-0.2, 0) is 9.59 Å². The number of Topliss-reactive ketones (excluding diaryl/α,β-unsaturated/α-hetero) is 1. The fourth-order valence-electron chi connectivity index (χ4n) is 1.48. The Morgan fingerprint density at radius 3 is 2.44 bits per heavy atom. The van der Waals surface area contributed by atoms with Gasteiger partial charge in [0.1, 0.15) is 5.78 Å². The van der Waals surface area contributed by atoms with Crippen molar-refractivity contribution in [2.75, 3.05) is 26.7 Å². The molecule has 1 rings (SSSR count). The monoisotopic (exact) mass is 226 g/mol. The summed E-state index contributed by atoms with van der Waals surface area (Å²) in [6.07, 6.45) is 2.07. The van der Waals surface area contributed by atoms with Gasteiger partial charge in [0.05, 0.1) is 13.1 Å². The molecule has 16 heavy (non-hydrogen) atoms. The molecule has 0 aliphatic heterocycles. The standard InChI is InChI=1S/C12H22N2O2/c1-9(2)6-13-12(16)8-14(3)7-11(15)10-4-5-10/h9-10H,4-8H2,1-3H3,(H,13,16). The van der Waals surface area contributed by atoms with Gasteiger partial charge in [0, 0.05) is 12.5 Å². The summed E-state index contributed by atoms with van der Waals surface area (Å²) < 4.78 is 0. The van der Waals surface area contributed by atoms with Gasteiger partial charge in [0.25, 0.3) is 0 Å². The van der Waals surface area contributed by atoms with Crippen molar-refractivity contribution < 1.29 is 9.59 Å². The first kappa shape index (κ1) is 13.2. The molecule has 0 unspecified atom stereocenters. The van der Waals surface area contributed by atoms with Crippen molar-refractivity contribution in [1.29, 1.82) is 0 Å². The average Bonchev–Trinajstić information content (AvgIpc) is 2.97. The van der Waals surface area contributed by atoms with Gasteiger partial charge in [0.2, 0.25) is 5.91 Å². The lowest BCUT2D eigenvalue weighted by molar-refractivity contribution is -0.124. The van der Waals surface area contributed by atoms with E-state index in [0.29, 0.717) is 25.6 Å². The van der Waals surface area contributed by atoms with Crippen molar-refractivity contribution >= 4 is 11.7 Å². The van der Waals surface area contributed by atoms with Crippen molar-refractivity contribution in [2.24, 2.45) is 11.8 Å². The van der Waals surface area contributed by atoms with Crippen LogP contribution in [0.15, 0.2) is 0 Å². The summed E-state index contributed by atoms with van der Waals surface area (Å²) in [5, 5.41) is 2.84. The van der Waals surface area contributed by atoms with Crippen LogP contribution in [0, 0.1) is 11.8 Å². The summed E-state index contributed by atoms with van der Waals surface area (Å²) >= 11 is 0. The van der Waals surface area contributed by atoms with Crippen LogP contribution in [0.5, 0.6) is 0 Å². The van der Waals surface area contributed by atoms with Crippen LogP contribution in [0.25, 0.3) is 0 Å². The molecule has 4 heteroatoms. The molecule has 1 N–H and O–H groups in total. The molecule has 0 bridgehead atoms. The highest BCUT2D eigenvalue weighted by molar-refractivity contribution is 5.85. The van der Waals surface area contributed by atoms with E-state index in [-0.39, 0.29) is 17.6 Å². The molecule has 4 nitrogen and oxygen atoms in total. The molecule has 0 aromatic carbocycles. The summed E-state index contributed by atoms with van der Waals surface area (Å²) in [5.41, 5.74) is 0. The molecule has 1 saturated carbocycles. The quantitative estimate of drug-likeness (QED) is 0.694. The lowest BCUT2D eigenvalue weighted by Gasteiger charge is -2.15. The number of ketones is 1. The Morgan fingerprint density at radius 2 is 1.94 bits per heavy atom.